The maximum atomic E-state index is 12.0. The van der Waals surface area contributed by atoms with Gasteiger partial charge in [-0.15, -0.1) is 0 Å². The fourth-order valence-corrected chi connectivity index (χ4v) is 4.43. The van der Waals surface area contributed by atoms with Crippen LogP contribution in [0.15, 0.2) is 0 Å². The molecule has 2 heterocycles. The van der Waals surface area contributed by atoms with Gasteiger partial charge in [-0.2, -0.15) is 0 Å². The van der Waals surface area contributed by atoms with Gasteiger partial charge in [0.2, 0.25) is 10.0 Å². The molecule has 6 nitrogen and oxygen atoms in total. The van der Waals surface area contributed by atoms with Crippen molar-refractivity contribution in [1.29, 1.82) is 0 Å². The molecule has 2 atom stereocenters. The van der Waals surface area contributed by atoms with Crippen LogP contribution in [0.4, 0.5) is 4.79 Å². The van der Waals surface area contributed by atoms with Crippen LogP contribution in [-0.4, -0.2) is 49.9 Å². The Morgan fingerprint density at radius 1 is 1.26 bits per heavy atom. The third kappa shape index (κ3) is 3.39. The van der Waals surface area contributed by atoms with Gasteiger partial charge in [0.05, 0.1) is 5.25 Å². The zero-order valence-electron chi connectivity index (χ0n) is 11.7. The van der Waals surface area contributed by atoms with Crippen LogP contribution in [0, 0.1) is 5.92 Å². The SMILES string of the molecule is CC(C)(C)OC(=O)N1CC[C@H]2CNS(=O)(=O)[C@@H]2CC1. The zero-order chi connectivity index (χ0) is 14.3. The molecule has 19 heavy (non-hydrogen) atoms. The summed E-state index contributed by atoms with van der Waals surface area (Å²) in [6, 6.07) is 0. The molecule has 2 aliphatic rings. The lowest BCUT2D eigenvalue weighted by Gasteiger charge is -2.26. The first kappa shape index (κ1) is 14.6. The lowest BCUT2D eigenvalue weighted by Crippen LogP contribution is -2.38. The molecule has 0 saturated carbocycles. The number of hydrogen-bond acceptors (Lipinski definition) is 4. The van der Waals surface area contributed by atoms with E-state index in [1.54, 1.807) is 4.90 Å². The maximum absolute atomic E-state index is 12.0. The number of likely N-dealkylation sites (tertiary alicyclic amines) is 1. The Hall–Kier alpha value is -0.820. The number of hydrogen-bond donors (Lipinski definition) is 1. The van der Waals surface area contributed by atoms with Crippen molar-refractivity contribution in [3.8, 4) is 0 Å². The van der Waals surface area contributed by atoms with Crippen LogP contribution in [-0.2, 0) is 14.8 Å². The summed E-state index contributed by atoms with van der Waals surface area (Å²) >= 11 is 0. The van der Waals surface area contributed by atoms with E-state index < -0.39 is 15.6 Å². The third-order valence-corrected chi connectivity index (χ3v) is 5.56. The van der Waals surface area contributed by atoms with E-state index >= 15 is 0 Å². The molecule has 7 heteroatoms. The molecular weight excluding hydrogens is 268 g/mol. The fraction of sp³-hybridized carbons (Fsp3) is 0.917. The Labute approximate surface area is 114 Å². The van der Waals surface area contributed by atoms with Crippen molar-refractivity contribution < 1.29 is 17.9 Å². The summed E-state index contributed by atoms with van der Waals surface area (Å²) in [4.78, 5) is 13.6. The van der Waals surface area contributed by atoms with E-state index in [1.807, 2.05) is 20.8 Å². The summed E-state index contributed by atoms with van der Waals surface area (Å²) in [7, 11) is -3.18. The molecule has 2 rings (SSSR count). The van der Waals surface area contributed by atoms with Crippen LogP contribution in [0.2, 0.25) is 0 Å². The predicted molar refractivity (Wildman–Crippen MR) is 71.2 cm³/mol. The van der Waals surface area contributed by atoms with Gasteiger partial charge >= 0.3 is 6.09 Å². The highest BCUT2D eigenvalue weighted by molar-refractivity contribution is 7.90. The van der Waals surface area contributed by atoms with Crippen molar-refractivity contribution in [2.24, 2.45) is 5.92 Å². The van der Waals surface area contributed by atoms with Gasteiger partial charge in [-0.25, -0.2) is 17.9 Å². The molecule has 0 spiro atoms. The monoisotopic (exact) mass is 290 g/mol. The first-order valence-electron chi connectivity index (χ1n) is 6.65. The highest BCUT2D eigenvalue weighted by atomic mass is 32.2. The van der Waals surface area contributed by atoms with Crippen LogP contribution >= 0.6 is 0 Å². The Kier molecular flexibility index (Phi) is 3.79. The van der Waals surface area contributed by atoms with E-state index in [4.69, 9.17) is 4.74 Å². The van der Waals surface area contributed by atoms with E-state index in [9.17, 15) is 13.2 Å². The fourth-order valence-electron chi connectivity index (χ4n) is 2.62. The van der Waals surface area contributed by atoms with Gasteiger partial charge in [0.15, 0.2) is 0 Å². The Balaban J connectivity index is 2.00. The lowest BCUT2D eigenvalue weighted by atomic mass is 10.0. The van der Waals surface area contributed by atoms with Gasteiger partial charge < -0.3 is 9.64 Å². The van der Waals surface area contributed by atoms with Gasteiger partial charge in [0, 0.05) is 19.6 Å². The van der Waals surface area contributed by atoms with Crippen molar-refractivity contribution in [3.63, 3.8) is 0 Å². The molecule has 110 valence electrons. The summed E-state index contributed by atoms with van der Waals surface area (Å²) in [6.07, 6.45) is 0.841. The van der Waals surface area contributed by atoms with Crippen LogP contribution in [0.5, 0.6) is 0 Å². The van der Waals surface area contributed by atoms with E-state index in [0.29, 0.717) is 32.5 Å². The summed E-state index contributed by atoms with van der Waals surface area (Å²) in [5.41, 5.74) is -0.521. The summed E-state index contributed by atoms with van der Waals surface area (Å²) in [6.45, 7) is 6.98. The van der Waals surface area contributed by atoms with Crippen molar-refractivity contribution in [2.45, 2.75) is 44.5 Å². The van der Waals surface area contributed by atoms with Crippen molar-refractivity contribution in [3.05, 3.63) is 0 Å². The lowest BCUT2D eigenvalue weighted by molar-refractivity contribution is 0.0255. The second-order valence-electron chi connectivity index (χ2n) is 6.24. The van der Waals surface area contributed by atoms with E-state index in [0.717, 1.165) is 0 Å². The smallest absolute Gasteiger partial charge is 0.410 e. The number of sulfonamides is 1. The standard InChI is InChI=1S/C12H22N2O4S/c1-12(2,3)18-11(15)14-6-4-9-8-13-19(16,17)10(9)5-7-14/h9-10,13H,4-8H2,1-3H3/t9-,10+/m0/s1. The first-order valence-corrected chi connectivity index (χ1v) is 8.20. The Morgan fingerprint density at radius 3 is 2.53 bits per heavy atom. The predicted octanol–water partition coefficient (Wildman–Crippen LogP) is 0.935. The van der Waals surface area contributed by atoms with Crippen LogP contribution in [0.1, 0.15) is 33.6 Å². The van der Waals surface area contributed by atoms with Gasteiger partial charge in [0.25, 0.3) is 0 Å². The summed E-state index contributed by atoms with van der Waals surface area (Å²) in [5.74, 6) is 0.109. The Bertz CT molecular complexity index is 455. The molecule has 0 aromatic carbocycles. The van der Waals surface area contributed by atoms with Crippen LogP contribution in [0.3, 0.4) is 0 Å². The summed E-state index contributed by atoms with van der Waals surface area (Å²) < 4.78 is 31.5. The van der Waals surface area contributed by atoms with Gasteiger partial charge in [-0.05, 0) is 39.5 Å². The van der Waals surface area contributed by atoms with E-state index in [1.165, 1.54) is 0 Å². The third-order valence-electron chi connectivity index (χ3n) is 3.58. The Morgan fingerprint density at radius 2 is 1.89 bits per heavy atom. The van der Waals surface area contributed by atoms with Crippen LogP contribution < -0.4 is 4.72 Å². The van der Waals surface area contributed by atoms with Crippen molar-refractivity contribution >= 4 is 16.1 Å². The highest BCUT2D eigenvalue weighted by Crippen LogP contribution is 2.28. The van der Waals surface area contributed by atoms with Crippen LogP contribution in [0.25, 0.3) is 0 Å². The molecule has 2 fully saturated rings. The topological polar surface area (TPSA) is 75.7 Å². The normalized spacial score (nSPS) is 30.6. The molecule has 2 aliphatic heterocycles. The molecule has 0 aromatic heterocycles. The number of nitrogens with one attached hydrogen (secondary N) is 1. The number of nitrogens with zero attached hydrogens (tertiary/aromatic N) is 1. The molecule has 0 unspecified atom stereocenters. The number of amides is 1. The molecule has 0 aromatic rings. The van der Waals surface area contributed by atoms with Crippen molar-refractivity contribution in [1.82, 2.24) is 9.62 Å². The molecular formula is C12H22N2O4S. The number of fused-ring (bicyclic) bond motifs is 1. The van der Waals surface area contributed by atoms with Gasteiger partial charge in [-0.1, -0.05) is 0 Å². The number of carbonyl (C=O) groups is 1. The number of rotatable bonds is 0. The number of ether oxygens (including phenoxy) is 1. The molecule has 2 saturated heterocycles. The molecule has 1 N–H and O–H groups in total. The largest absolute Gasteiger partial charge is 0.444 e. The molecule has 1 amide bonds. The zero-order valence-corrected chi connectivity index (χ0v) is 12.5. The minimum Gasteiger partial charge on any atom is -0.444 e. The van der Waals surface area contributed by atoms with E-state index in [-0.39, 0.29) is 17.3 Å². The number of carbonyl (C=O) groups excluding carboxylic acids is 1. The van der Waals surface area contributed by atoms with Gasteiger partial charge in [0.1, 0.15) is 5.60 Å². The quantitative estimate of drug-likeness (QED) is 0.720. The average Bonchev–Trinajstić information content (AvgIpc) is 2.46. The first-order chi connectivity index (χ1) is 8.69. The van der Waals surface area contributed by atoms with Gasteiger partial charge in [-0.3, -0.25) is 0 Å². The second kappa shape index (κ2) is 4.94. The van der Waals surface area contributed by atoms with E-state index in [2.05, 4.69) is 4.72 Å². The minimum absolute atomic E-state index is 0.109. The second-order valence-corrected chi connectivity index (χ2v) is 8.22. The average molecular weight is 290 g/mol. The van der Waals surface area contributed by atoms with Crippen molar-refractivity contribution in [2.75, 3.05) is 19.6 Å². The highest BCUT2D eigenvalue weighted by Gasteiger charge is 2.42. The minimum atomic E-state index is -3.18. The molecule has 0 bridgehead atoms. The summed E-state index contributed by atoms with van der Waals surface area (Å²) in [5, 5.41) is -0.361. The molecule has 0 aliphatic carbocycles. The molecule has 0 radical (unpaired) electrons. The maximum Gasteiger partial charge on any atom is 0.410 e.